The Hall–Kier alpha value is -4.79. The topological polar surface area (TPSA) is 101 Å². The van der Waals surface area contributed by atoms with Crippen molar-refractivity contribution in [1.82, 2.24) is 9.99 Å². The number of ketones is 1. The summed E-state index contributed by atoms with van der Waals surface area (Å²) in [5.74, 6) is -1.71. The molecule has 0 bridgehead atoms. The molecule has 0 fully saturated rings. The van der Waals surface area contributed by atoms with Crippen molar-refractivity contribution in [2.24, 2.45) is 11.0 Å². The third kappa shape index (κ3) is 5.31. The highest BCUT2D eigenvalue weighted by Crippen LogP contribution is 2.37. The highest BCUT2D eigenvalue weighted by atomic mass is 16.5. The quantitative estimate of drug-likeness (QED) is 0.404. The standard InChI is InChI=1S/C29H28N4O5/c1-5-32-18-25(26(19(2)34)27(31-32)22-7-6-16-30-17-22)33(23-12-8-20(9-13-23)28(35)37-3)24-14-10-21(11-15-24)29(36)38-4/h6-18,26H,5H2,1-4H3. The number of nitrogens with zero attached hydrogens (tertiary/aromatic N) is 4. The average molecular weight is 513 g/mol. The van der Waals surface area contributed by atoms with E-state index in [-0.39, 0.29) is 5.78 Å². The minimum Gasteiger partial charge on any atom is -0.465 e. The van der Waals surface area contributed by atoms with Gasteiger partial charge in [0.25, 0.3) is 0 Å². The number of aromatic nitrogens is 1. The van der Waals surface area contributed by atoms with Crippen molar-refractivity contribution in [3.8, 4) is 0 Å². The van der Waals surface area contributed by atoms with Gasteiger partial charge in [-0.2, -0.15) is 5.10 Å². The third-order valence-corrected chi connectivity index (χ3v) is 6.13. The largest absolute Gasteiger partial charge is 0.465 e. The van der Waals surface area contributed by atoms with Gasteiger partial charge >= 0.3 is 11.9 Å². The second-order valence-electron chi connectivity index (χ2n) is 8.49. The van der Waals surface area contributed by atoms with Gasteiger partial charge in [-0.3, -0.25) is 14.8 Å². The first-order valence-electron chi connectivity index (χ1n) is 12.0. The summed E-state index contributed by atoms with van der Waals surface area (Å²) in [6.07, 6.45) is 5.20. The van der Waals surface area contributed by atoms with Crippen molar-refractivity contribution in [3.05, 3.63) is 102 Å². The summed E-state index contributed by atoms with van der Waals surface area (Å²) < 4.78 is 9.69. The zero-order chi connectivity index (χ0) is 27.2. The molecule has 0 radical (unpaired) electrons. The third-order valence-electron chi connectivity index (χ3n) is 6.13. The Morgan fingerprint density at radius 3 is 1.87 bits per heavy atom. The number of carbonyl (C=O) groups excluding carboxylic acids is 3. The van der Waals surface area contributed by atoms with Gasteiger partial charge in [0, 0.05) is 42.1 Å². The summed E-state index contributed by atoms with van der Waals surface area (Å²) in [7, 11) is 2.66. The zero-order valence-corrected chi connectivity index (χ0v) is 21.6. The van der Waals surface area contributed by atoms with Gasteiger partial charge in [-0.25, -0.2) is 9.59 Å². The molecular formula is C29H28N4O5. The minimum absolute atomic E-state index is 0.100. The van der Waals surface area contributed by atoms with E-state index in [4.69, 9.17) is 14.6 Å². The summed E-state index contributed by atoms with van der Waals surface area (Å²) in [6, 6.07) is 17.5. The smallest absolute Gasteiger partial charge is 0.337 e. The lowest BCUT2D eigenvalue weighted by atomic mass is 9.89. The first-order valence-corrected chi connectivity index (χ1v) is 12.0. The van der Waals surface area contributed by atoms with Gasteiger partial charge in [0.2, 0.25) is 0 Å². The van der Waals surface area contributed by atoms with Gasteiger partial charge in [-0.15, -0.1) is 0 Å². The fourth-order valence-electron chi connectivity index (χ4n) is 4.26. The number of rotatable bonds is 8. The molecular weight excluding hydrogens is 484 g/mol. The highest BCUT2D eigenvalue weighted by molar-refractivity contribution is 6.16. The first kappa shape index (κ1) is 26.3. The molecule has 194 valence electrons. The number of pyridine rings is 1. The van der Waals surface area contributed by atoms with Crippen LogP contribution in [0.3, 0.4) is 0 Å². The number of anilines is 2. The molecule has 1 aromatic heterocycles. The molecule has 2 aromatic carbocycles. The van der Waals surface area contributed by atoms with Gasteiger partial charge in [-0.05, 0) is 74.5 Å². The van der Waals surface area contributed by atoms with Crippen molar-refractivity contribution in [1.29, 1.82) is 0 Å². The molecule has 3 aromatic rings. The molecule has 9 nitrogen and oxygen atoms in total. The van der Waals surface area contributed by atoms with Crippen LogP contribution in [0.15, 0.2) is 90.1 Å². The van der Waals surface area contributed by atoms with E-state index in [2.05, 4.69) is 4.98 Å². The van der Waals surface area contributed by atoms with Crippen molar-refractivity contribution < 1.29 is 23.9 Å². The highest BCUT2D eigenvalue weighted by Gasteiger charge is 2.35. The minimum atomic E-state index is -0.706. The zero-order valence-electron chi connectivity index (χ0n) is 21.6. The van der Waals surface area contributed by atoms with Gasteiger partial charge in [-0.1, -0.05) is 0 Å². The second-order valence-corrected chi connectivity index (χ2v) is 8.49. The lowest BCUT2D eigenvalue weighted by Gasteiger charge is -2.36. The average Bonchev–Trinajstić information content (AvgIpc) is 2.97. The number of hydrogen-bond acceptors (Lipinski definition) is 9. The molecule has 1 unspecified atom stereocenters. The second kappa shape index (κ2) is 11.5. The number of Topliss-reactive ketones (excluding diaryl/α,β-unsaturated/α-hetero) is 1. The number of allylic oxidation sites excluding steroid dienone is 1. The molecule has 0 amide bonds. The maximum Gasteiger partial charge on any atom is 0.337 e. The number of benzene rings is 2. The van der Waals surface area contributed by atoms with E-state index in [1.807, 2.05) is 24.1 Å². The van der Waals surface area contributed by atoms with Crippen LogP contribution in [0.5, 0.6) is 0 Å². The maximum atomic E-state index is 13.2. The molecule has 38 heavy (non-hydrogen) atoms. The van der Waals surface area contributed by atoms with Gasteiger partial charge in [0.1, 0.15) is 11.7 Å². The van der Waals surface area contributed by atoms with Crippen LogP contribution in [0.2, 0.25) is 0 Å². The first-order chi connectivity index (χ1) is 18.4. The molecule has 9 heteroatoms. The fourth-order valence-corrected chi connectivity index (χ4v) is 4.26. The van der Waals surface area contributed by atoms with Crippen LogP contribution in [0.4, 0.5) is 11.4 Å². The number of hydrogen-bond donors (Lipinski definition) is 0. The summed E-state index contributed by atoms with van der Waals surface area (Å²) >= 11 is 0. The predicted octanol–water partition coefficient (Wildman–Crippen LogP) is 4.58. The number of hydrazone groups is 1. The van der Waals surface area contributed by atoms with Crippen LogP contribution >= 0.6 is 0 Å². The molecule has 0 N–H and O–H groups in total. The van der Waals surface area contributed by atoms with Crippen molar-refractivity contribution >= 4 is 34.8 Å². The Balaban J connectivity index is 1.89. The molecule has 0 saturated heterocycles. The van der Waals surface area contributed by atoms with Gasteiger partial charge in [0.15, 0.2) is 0 Å². The van der Waals surface area contributed by atoms with E-state index in [0.717, 1.165) is 5.56 Å². The van der Waals surface area contributed by atoms with Gasteiger partial charge in [0.05, 0.1) is 36.8 Å². The lowest BCUT2D eigenvalue weighted by molar-refractivity contribution is -0.118. The van der Waals surface area contributed by atoms with E-state index in [1.165, 1.54) is 21.1 Å². The van der Waals surface area contributed by atoms with Crippen LogP contribution in [-0.4, -0.2) is 54.2 Å². The van der Waals surface area contributed by atoms with Crippen LogP contribution < -0.4 is 4.90 Å². The molecule has 0 spiro atoms. The number of carbonyl (C=O) groups is 3. The molecule has 1 atom stereocenters. The Morgan fingerprint density at radius 2 is 1.45 bits per heavy atom. The predicted molar refractivity (Wildman–Crippen MR) is 143 cm³/mol. The fraction of sp³-hybridized carbons (Fsp3) is 0.207. The summed E-state index contributed by atoms with van der Waals surface area (Å²) in [5.41, 5.74) is 4.15. The van der Waals surface area contributed by atoms with Gasteiger partial charge < -0.3 is 14.4 Å². The van der Waals surface area contributed by atoms with Crippen LogP contribution in [0.25, 0.3) is 0 Å². The summed E-state index contributed by atoms with van der Waals surface area (Å²) in [5, 5.41) is 6.53. The van der Waals surface area contributed by atoms with E-state index < -0.39 is 17.9 Å². The van der Waals surface area contributed by atoms with E-state index in [9.17, 15) is 14.4 Å². The Bertz CT molecular complexity index is 1320. The Morgan fingerprint density at radius 1 is 0.895 bits per heavy atom. The van der Waals surface area contributed by atoms with E-state index in [1.54, 1.807) is 72.0 Å². The maximum absolute atomic E-state index is 13.2. The van der Waals surface area contributed by atoms with Crippen LogP contribution in [0.1, 0.15) is 40.1 Å². The molecule has 0 aliphatic carbocycles. The molecule has 4 rings (SSSR count). The molecule has 1 aliphatic rings. The molecule has 2 heterocycles. The van der Waals surface area contributed by atoms with Crippen molar-refractivity contribution in [2.75, 3.05) is 25.7 Å². The number of ether oxygens (including phenoxy) is 2. The lowest BCUT2D eigenvalue weighted by Crippen LogP contribution is -2.38. The monoisotopic (exact) mass is 512 g/mol. The van der Waals surface area contributed by atoms with Crippen LogP contribution in [-0.2, 0) is 14.3 Å². The van der Waals surface area contributed by atoms with E-state index in [0.29, 0.717) is 40.5 Å². The van der Waals surface area contributed by atoms with Crippen LogP contribution in [0, 0.1) is 5.92 Å². The summed E-state index contributed by atoms with van der Waals surface area (Å²) in [6.45, 7) is 4.06. The SMILES string of the molecule is CCN1C=C(N(c2ccc(C(=O)OC)cc2)c2ccc(C(=O)OC)cc2)C(C(C)=O)C(c2cccnc2)=N1. The Kier molecular flexibility index (Phi) is 7.96. The van der Waals surface area contributed by atoms with Crippen molar-refractivity contribution in [2.45, 2.75) is 13.8 Å². The number of esters is 2. The number of methoxy groups -OCH3 is 2. The summed E-state index contributed by atoms with van der Waals surface area (Å²) in [4.78, 5) is 43.5. The molecule has 1 aliphatic heterocycles. The van der Waals surface area contributed by atoms with Crippen molar-refractivity contribution in [3.63, 3.8) is 0 Å². The Labute approximate surface area is 221 Å². The molecule has 0 saturated carbocycles. The normalized spacial score (nSPS) is 14.7. The van der Waals surface area contributed by atoms with E-state index >= 15 is 0 Å².